The number of hydrazine groups is 1. The summed E-state index contributed by atoms with van der Waals surface area (Å²) in [6, 6.07) is 20.8. The summed E-state index contributed by atoms with van der Waals surface area (Å²) in [6.45, 7) is 8.00. The number of benzene rings is 2. The third-order valence-electron chi connectivity index (χ3n) is 2.34. The third kappa shape index (κ3) is 20.1. The molecule has 166 valence electrons. The monoisotopic (exact) mass is 455 g/mol. The number of rotatable bonds is 1. The molecule has 0 aliphatic heterocycles. The average Bonchev–Trinajstić information content (AvgIpc) is 2.85. The van der Waals surface area contributed by atoms with Gasteiger partial charge in [0.05, 0.1) is 17.0 Å². The number of hydrogen-bond donors (Lipinski definition) is 2. The second kappa shape index (κ2) is 31.0. The Morgan fingerprint density at radius 2 is 1.17 bits per heavy atom. The van der Waals surface area contributed by atoms with Crippen molar-refractivity contribution in [3.8, 4) is 17.5 Å². The van der Waals surface area contributed by atoms with Crippen LogP contribution in [0.5, 0.6) is 0 Å². The van der Waals surface area contributed by atoms with Crippen LogP contribution in [0.25, 0.3) is 11.4 Å². The van der Waals surface area contributed by atoms with E-state index in [-0.39, 0.29) is 10.8 Å². The van der Waals surface area contributed by atoms with Gasteiger partial charge in [-0.05, 0) is 12.1 Å². The van der Waals surface area contributed by atoms with Gasteiger partial charge < -0.3 is 5.48 Å². The highest BCUT2D eigenvalue weighted by Gasteiger charge is 1.97. The lowest BCUT2D eigenvalue weighted by molar-refractivity contribution is 0.824. The fourth-order valence-electron chi connectivity index (χ4n) is 1.42. The van der Waals surface area contributed by atoms with Crippen molar-refractivity contribution < 1.29 is 5.48 Å². The van der Waals surface area contributed by atoms with Gasteiger partial charge in [-0.1, -0.05) is 76.2 Å². The van der Waals surface area contributed by atoms with Gasteiger partial charge in [0.15, 0.2) is 6.33 Å². The zero-order valence-corrected chi connectivity index (χ0v) is 19.2. The van der Waals surface area contributed by atoms with Crippen molar-refractivity contribution in [1.29, 1.82) is 5.26 Å². The van der Waals surface area contributed by atoms with E-state index >= 15 is 0 Å². The first-order valence-corrected chi connectivity index (χ1v) is 9.85. The number of nitriles is 1. The molecule has 1 heterocycles. The number of alkyl halides is 2. The third-order valence-corrected chi connectivity index (χ3v) is 2.34. The van der Waals surface area contributed by atoms with Crippen LogP contribution in [0, 0.1) is 11.3 Å². The number of aromatic nitrogens is 4. The molecule has 0 saturated heterocycles. The molecule has 3 aromatic rings. The molecule has 0 bridgehead atoms. The Labute approximate surface area is 189 Å². The van der Waals surface area contributed by atoms with Gasteiger partial charge in [-0.2, -0.15) is 5.26 Å². The molecule has 0 atom stereocenters. The topological polar surface area (TPSA) is 159 Å². The van der Waals surface area contributed by atoms with E-state index < -0.39 is 0 Å². The minimum absolute atomic E-state index is 0. The van der Waals surface area contributed by atoms with Gasteiger partial charge in [0.2, 0.25) is 5.82 Å². The molecule has 0 aliphatic rings. The lowest BCUT2D eigenvalue weighted by atomic mass is 10.2. The van der Waals surface area contributed by atoms with Crippen LogP contribution in [0.3, 0.4) is 0 Å². The zero-order valence-electron chi connectivity index (χ0n) is 17.7. The van der Waals surface area contributed by atoms with Crippen molar-refractivity contribution in [3.05, 3.63) is 72.6 Å². The van der Waals surface area contributed by atoms with E-state index in [2.05, 4.69) is 32.1 Å². The van der Waals surface area contributed by atoms with Crippen LogP contribution in [0.4, 0.5) is 0 Å². The Morgan fingerprint density at radius 3 is 1.50 bits per heavy atom. The van der Waals surface area contributed by atoms with Crippen molar-refractivity contribution in [2.75, 3.05) is 5.34 Å². The van der Waals surface area contributed by atoms with Crippen molar-refractivity contribution in [2.45, 2.75) is 27.7 Å². The molecule has 0 unspecified atom stereocenters. The number of nitrogens with zero attached hydrogens (tertiary/aromatic N) is 5. The van der Waals surface area contributed by atoms with E-state index in [4.69, 9.17) is 28.5 Å². The number of halogens is 2. The van der Waals surface area contributed by atoms with Crippen molar-refractivity contribution in [1.82, 2.24) is 20.4 Å². The van der Waals surface area contributed by atoms with Crippen molar-refractivity contribution >= 4 is 23.2 Å². The van der Waals surface area contributed by atoms with Crippen LogP contribution in [-0.2, 0) is 0 Å². The summed E-state index contributed by atoms with van der Waals surface area (Å²) in [5, 5.41) is 23.4. The van der Waals surface area contributed by atoms with E-state index in [1.54, 1.807) is 12.1 Å². The molecule has 1 aromatic heterocycles. The maximum Gasteiger partial charge on any atom is 0.203 e. The van der Waals surface area contributed by atoms with Gasteiger partial charge in [0, 0.05) is 5.56 Å². The second-order valence-corrected chi connectivity index (χ2v) is 4.62. The maximum absolute atomic E-state index is 8.29. The molecule has 0 radical (unpaired) electrons. The highest BCUT2D eigenvalue weighted by atomic mass is 35.5. The summed E-state index contributed by atoms with van der Waals surface area (Å²) in [5.41, 5.74) is 1.64. The largest absolute Gasteiger partial charge is 0.412 e. The van der Waals surface area contributed by atoms with Gasteiger partial charge in [0.1, 0.15) is 0 Å². The first-order chi connectivity index (χ1) is 14.3. The Kier molecular flexibility index (Phi) is 36.0. The maximum atomic E-state index is 8.29. The first kappa shape index (κ1) is 34.8. The molecule has 3 rings (SSSR count). The predicted octanol–water partition coefficient (Wildman–Crippen LogP) is 3.96. The molecule has 0 saturated carbocycles. The molecule has 0 spiro atoms. The van der Waals surface area contributed by atoms with E-state index in [1.165, 1.54) is 6.33 Å². The van der Waals surface area contributed by atoms with E-state index in [0.717, 1.165) is 5.56 Å². The normalized spacial score (nSPS) is 7.17. The molecule has 8 nitrogen and oxygen atoms in total. The minimum atomic E-state index is 0. The molecule has 2 aromatic carbocycles. The van der Waals surface area contributed by atoms with Crippen LogP contribution in [0.1, 0.15) is 33.3 Å². The smallest absolute Gasteiger partial charge is 0.203 e. The van der Waals surface area contributed by atoms with Gasteiger partial charge in [-0.15, -0.1) is 43.6 Å². The Balaban J connectivity index is -0.000000165. The van der Waals surface area contributed by atoms with Crippen molar-refractivity contribution in [3.63, 3.8) is 0 Å². The number of nitrogens with two attached hydrogens (primary N) is 2. The lowest BCUT2D eigenvalue weighted by Gasteiger charge is -1.93. The van der Waals surface area contributed by atoms with Crippen LogP contribution >= 0.6 is 23.2 Å². The average molecular weight is 456 g/mol. The molecule has 6 N–H and O–H groups in total. The van der Waals surface area contributed by atoms with Gasteiger partial charge in [-0.25, -0.2) is 0 Å². The lowest BCUT2D eigenvalue weighted by Crippen LogP contribution is -2.02. The molecule has 0 amide bonds. The van der Waals surface area contributed by atoms with Crippen LogP contribution in [0.15, 0.2) is 67.0 Å². The SMILES string of the molecule is CC.CC.ClCCl.N#Cc1ccccc1.NN.O.c1ccc(-c2nncnn2)cc1. The summed E-state index contributed by atoms with van der Waals surface area (Å²) >= 11 is 9.53. The first-order valence-electron chi connectivity index (χ1n) is 8.78. The van der Waals surface area contributed by atoms with E-state index in [1.807, 2.05) is 82.3 Å². The summed E-state index contributed by atoms with van der Waals surface area (Å²) in [7, 11) is 0. The summed E-state index contributed by atoms with van der Waals surface area (Å²) in [4.78, 5) is 0. The quantitative estimate of drug-likeness (QED) is 0.318. The van der Waals surface area contributed by atoms with Gasteiger partial charge >= 0.3 is 0 Å². The van der Waals surface area contributed by atoms with E-state index in [0.29, 0.717) is 11.4 Å². The fourth-order valence-corrected chi connectivity index (χ4v) is 1.42. The summed E-state index contributed by atoms with van der Waals surface area (Å²) in [5.74, 6) is 8.55. The van der Waals surface area contributed by atoms with E-state index in [9.17, 15) is 0 Å². The number of hydrogen-bond acceptors (Lipinski definition) is 7. The highest BCUT2D eigenvalue weighted by molar-refractivity contribution is 6.40. The van der Waals surface area contributed by atoms with Gasteiger partial charge in [-0.3, -0.25) is 11.7 Å². The standard InChI is InChI=1S/C8H6N4.C7H5N.2C2H6.CH2Cl2.H4N2.H2O/c1-2-4-7(5-3-1)8-11-9-6-10-12-8;8-6-7-4-2-1-3-5-7;2*1-2;2-1-3;1-2;/h1-6H;1-5H;2*1-2H3;1H2;1-2H2;1H2. The Morgan fingerprint density at radius 1 is 0.800 bits per heavy atom. The fraction of sp³-hybridized carbons (Fsp3) is 0.250. The van der Waals surface area contributed by atoms with Crippen LogP contribution < -0.4 is 11.7 Å². The molecular weight excluding hydrogens is 425 g/mol. The molecular formula is C20H31Cl2N7O. The summed E-state index contributed by atoms with van der Waals surface area (Å²) in [6.07, 6.45) is 1.31. The highest BCUT2D eigenvalue weighted by Crippen LogP contribution is 2.10. The zero-order chi connectivity index (χ0) is 22.8. The molecule has 30 heavy (non-hydrogen) atoms. The summed E-state index contributed by atoms with van der Waals surface area (Å²) < 4.78 is 0. The molecule has 0 aliphatic carbocycles. The van der Waals surface area contributed by atoms with Crippen LogP contribution in [0.2, 0.25) is 0 Å². The van der Waals surface area contributed by atoms with Crippen molar-refractivity contribution in [2.24, 2.45) is 11.7 Å². The molecule has 0 fully saturated rings. The van der Waals surface area contributed by atoms with Gasteiger partial charge in [0.25, 0.3) is 0 Å². The van der Waals surface area contributed by atoms with Crippen LogP contribution in [-0.4, -0.2) is 31.2 Å². The molecule has 10 heteroatoms. The second-order valence-electron chi connectivity index (χ2n) is 3.81. The Hall–Kier alpha value is -2.67. The predicted molar refractivity (Wildman–Crippen MR) is 125 cm³/mol. The minimum Gasteiger partial charge on any atom is -0.412 e. The Bertz CT molecular complexity index is 663.